The molecule has 164 valence electrons. The van der Waals surface area contributed by atoms with Gasteiger partial charge in [-0.05, 0) is 44.4 Å². The molecule has 0 bridgehead atoms. The zero-order chi connectivity index (χ0) is 22.2. The highest BCUT2D eigenvalue weighted by Crippen LogP contribution is 2.32. The summed E-state index contributed by atoms with van der Waals surface area (Å²) in [6, 6.07) is 9.85. The summed E-state index contributed by atoms with van der Waals surface area (Å²) >= 11 is 7.52. The van der Waals surface area contributed by atoms with Gasteiger partial charge in [0.1, 0.15) is 5.82 Å². The maximum atomic E-state index is 12.6. The lowest BCUT2D eigenvalue weighted by Gasteiger charge is -2.32. The van der Waals surface area contributed by atoms with E-state index in [9.17, 15) is 4.79 Å². The van der Waals surface area contributed by atoms with E-state index in [1.54, 1.807) is 6.20 Å². The average molecular weight is 467 g/mol. The van der Waals surface area contributed by atoms with Crippen LogP contribution in [-0.2, 0) is 4.79 Å². The van der Waals surface area contributed by atoms with Crippen LogP contribution in [0.5, 0.6) is 0 Å². The lowest BCUT2D eigenvalue weighted by Crippen LogP contribution is -2.39. The van der Waals surface area contributed by atoms with Crippen LogP contribution in [0, 0.1) is 19.8 Å². The Morgan fingerprint density at radius 2 is 1.94 bits per heavy atom. The van der Waals surface area contributed by atoms with Crippen molar-refractivity contribution < 1.29 is 4.79 Å². The Kier molecular flexibility index (Phi) is 5.57. The third-order valence-electron chi connectivity index (χ3n) is 5.86. The number of fused-ring (bicyclic) bond motifs is 1. The van der Waals surface area contributed by atoms with Gasteiger partial charge >= 0.3 is 0 Å². The molecule has 1 N–H and O–H groups in total. The minimum Gasteiger partial charge on any atom is -0.356 e. The topological polar surface area (TPSA) is 75.4 Å². The second-order valence-electron chi connectivity index (χ2n) is 8.05. The molecule has 0 atom stereocenters. The van der Waals surface area contributed by atoms with Crippen LogP contribution in [0.3, 0.4) is 0 Å². The van der Waals surface area contributed by atoms with Gasteiger partial charge in [-0.1, -0.05) is 23.7 Å². The van der Waals surface area contributed by atoms with Crippen molar-refractivity contribution in [1.29, 1.82) is 0 Å². The Bertz CT molecular complexity index is 1260. The molecule has 7 nitrogen and oxygen atoms in total. The maximum Gasteiger partial charge on any atom is 0.229 e. The second-order valence-corrected chi connectivity index (χ2v) is 9.38. The minimum atomic E-state index is -0.0161. The molecule has 1 fully saturated rings. The molecule has 0 aliphatic carbocycles. The van der Waals surface area contributed by atoms with Crippen LogP contribution in [0.4, 0.5) is 10.9 Å². The lowest BCUT2D eigenvalue weighted by atomic mass is 9.96. The van der Waals surface area contributed by atoms with Gasteiger partial charge in [0.15, 0.2) is 10.8 Å². The molecule has 5 rings (SSSR count). The quantitative estimate of drug-likeness (QED) is 0.459. The summed E-state index contributed by atoms with van der Waals surface area (Å²) in [7, 11) is 0. The number of aromatic nitrogens is 4. The van der Waals surface area contributed by atoms with Crippen molar-refractivity contribution in [2.24, 2.45) is 5.92 Å². The number of piperidine rings is 1. The van der Waals surface area contributed by atoms with E-state index in [0.29, 0.717) is 10.2 Å². The molecule has 0 radical (unpaired) electrons. The van der Waals surface area contributed by atoms with Crippen molar-refractivity contribution in [2.75, 3.05) is 23.3 Å². The smallest absolute Gasteiger partial charge is 0.229 e. The first-order valence-corrected chi connectivity index (χ1v) is 11.8. The first kappa shape index (κ1) is 20.9. The van der Waals surface area contributed by atoms with Crippen LogP contribution >= 0.6 is 22.9 Å². The van der Waals surface area contributed by atoms with Crippen LogP contribution in [-0.4, -0.2) is 38.6 Å². The summed E-state index contributed by atoms with van der Waals surface area (Å²) in [4.78, 5) is 23.9. The molecule has 4 heterocycles. The van der Waals surface area contributed by atoms with E-state index in [1.165, 1.54) is 11.3 Å². The Morgan fingerprint density at radius 3 is 2.62 bits per heavy atom. The molecule has 1 aliphatic rings. The van der Waals surface area contributed by atoms with Gasteiger partial charge in [0, 0.05) is 52.9 Å². The average Bonchev–Trinajstić information content (AvgIpc) is 3.41. The number of carbonyl (C=O) groups is 1. The molecule has 1 aromatic carbocycles. The van der Waals surface area contributed by atoms with E-state index in [0.717, 1.165) is 59.9 Å². The summed E-state index contributed by atoms with van der Waals surface area (Å²) in [5, 5.41) is 11.0. The van der Waals surface area contributed by atoms with Gasteiger partial charge in [-0.3, -0.25) is 4.79 Å². The minimum absolute atomic E-state index is 0.0161. The van der Waals surface area contributed by atoms with E-state index in [1.807, 2.05) is 48.0 Å². The van der Waals surface area contributed by atoms with Gasteiger partial charge in [-0.25, -0.2) is 9.97 Å². The molecular formula is C23H23ClN6OS. The molecule has 32 heavy (non-hydrogen) atoms. The van der Waals surface area contributed by atoms with E-state index < -0.39 is 0 Å². The third kappa shape index (κ3) is 3.96. The number of amides is 1. The largest absolute Gasteiger partial charge is 0.356 e. The predicted molar refractivity (Wildman–Crippen MR) is 129 cm³/mol. The number of halogens is 1. The van der Waals surface area contributed by atoms with Crippen molar-refractivity contribution in [3.63, 3.8) is 0 Å². The highest BCUT2D eigenvalue weighted by molar-refractivity contribution is 7.13. The highest BCUT2D eigenvalue weighted by Gasteiger charge is 2.27. The van der Waals surface area contributed by atoms with Gasteiger partial charge in [0.25, 0.3) is 0 Å². The van der Waals surface area contributed by atoms with Crippen molar-refractivity contribution in [1.82, 2.24) is 19.6 Å². The molecule has 1 amide bonds. The highest BCUT2D eigenvalue weighted by atomic mass is 35.5. The standard InChI is InChI=1S/C23H23ClN6OS/c1-14-13-19(29-10-7-17(8-11-29)22(31)27-23-25-9-12-32-23)30-21(26-14)20(15(2)28-30)16-3-5-18(24)6-4-16/h3-6,9,12-13,17H,7-8,10-11H2,1-2H3,(H,25,27,31). The first-order chi connectivity index (χ1) is 15.5. The van der Waals surface area contributed by atoms with Crippen LogP contribution in [0.1, 0.15) is 24.2 Å². The predicted octanol–water partition coefficient (Wildman–Crippen LogP) is 4.98. The first-order valence-electron chi connectivity index (χ1n) is 10.6. The Morgan fingerprint density at radius 1 is 1.19 bits per heavy atom. The van der Waals surface area contributed by atoms with Gasteiger partial charge in [-0.15, -0.1) is 11.3 Å². The Balaban J connectivity index is 1.41. The summed E-state index contributed by atoms with van der Waals surface area (Å²) in [6.45, 7) is 5.58. The summed E-state index contributed by atoms with van der Waals surface area (Å²) in [5.41, 5.74) is 4.76. The SMILES string of the molecule is Cc1cc(N2CCC(C(=O)Nc3nccs3)CC2)n2nc(C)c(-c3ccc(Cl)cc3)c2n1. The molecule has 1 aliphatic heterocycles. The summed E-state index contributed by atoms with van der Waals surface area (Å²) in [5.74, 6) is 1.04. The third-order valence-corrected chi connectivity index (χ3v) is 6.80. The fourth-order valence-electron chi connectivity index (χ4n) is 4.27. The fraction of sp³-hybridized carbons (Fsp3) is 0.304. The molecule has 9 heteroatoms. The molecule has 3 aromatic heterocycles. The number of anilines is 2. The number of thiazole rings is 1. The Labute approximate surface area is 195 Å². The maximum absolute atomic E-state index is 12.6. The monoisotopic (exact) mass is 466 g/mol. The number of hydrogen-bond acceptors (Lipinski definition) is 6. The number of nitrogens with one attached hydrogen (secondary N) is 1. The normalized spacial score (nSPS) is 14.8. The number of carbonyl (C=O) groups excluding carboxylic acids is 1. The summed E-state index contributed by atoms with van der Waals surface area (Å²) < 4.78 is 1.93. The molecule has 1 saturated heterocycles. The number of hydrogen-bond donors (Lipinski definition) is 1. The molecule has 0 saturated carbocycles. The van der Waals surface area contributed by atoms with Gasteiger partial charge in [-0.2, -0.15) is 9.61 Å². The van der Waals surface area contributed by atoms with Gasteiger partial charge in [0.2, 0.25) is 5.91 Å². The molecule has 0 unspecified atom stereocenters. The van der Waals surface area contributed by atoms with E-state index in [4.69, 9.17) is 21.7 Å². The van der Waals surface area contributed by atoms with Gasteiger partial charge in [0.05, 0.1) is 5.69 Å². The van der Waals surface area contributed by atoms with Crippen LogP contribution in [0.2, 0.25) is 5.02 Å². The zero-order valence-electron chi connectivity index (χ0n) is 17.9. The Hall–Kier alpha value is -2.97. The number of nitrogens with zero attached hydrogens (tertiary/aromatic N) is 5. The van der Waals surface area contributed by atoms with Crippen molar-refractivity contribution in [2.45, 2.75) is 26.7 Å². The van der Waals surface area contributed by atoms with E-state index in [-0.39, 0.29) is 11.8 Å². The van der Waals surface area contributed by atoms with E-state index in [2.05, 4.69) is 21.3 Å². The zero-order valence-corrected chi connectivity index (χ0v) is 19.5. The lowest BCUT2D eigenvalue weighted by molar-refractivity contribution is -0.120. The number of rotatable bonds is 4. The van der Waals surface area contributed by atoms with E-state index >= 15 is 0 Å². The van der Waals surface area contributed by atoms with Crippen LogP contribution in [0.15, 0.2) is 41.9 Å². The number of benzene rings is 1. The van der Waals surface area contributed by atoms with Crippen molar-refractivity contribution in [3.05, 3.63) is 58.3 Å². The van der Waals surface area contributed by atoms with Crippen molar-refractivity contribution in [3.8, 4) is 11.1 Å². The molecule has 4 aromatic rings. The summed E-state index contributed by atoms with van der Waals surface area (Å²) in [6.07, 6.45) is 3.26. The van der Waals surface area contributed by atoms with Crippen LogP contribution in [0.25, 0.3) is 16.8 Å². The second kappa shape index (κ2) is 8.52. The van der Waals surface area contributed by atoms with Gasteiger partial charge < -0.3 is 10.2 Å². The van der Waals surface area contributed by atoms with Crippen LogP contribution < -0.4 is 10.2 Å². The molecule has 0 spiro atoms. The molecular weight excluding hydrogens is 444 g/mol. The fourth-order valence-corrected chi connectivity index (χ4v) is 4.93. The van der Waals surface area contributed by atoms with Crippen molar-refractivity contribution >= 4 is 45.4 Å². The number of aryl methyl sites for hydroxylation is 2.